The molecule has 2 fully saturated rings. The van der Waals surface area contributed by atoms with E-state index in [2.05, 4.69) is 27.7 Å². The van der Waals surface area contributed by atoms with Gasteiger partial charge in [-0.1, -0.05) is 27.7 Å². The molecule has 21 heavy (non-hydrogen) atoms. The van der Waals surface area contributed by atoms with E-state index in [0.29, 0.717) is 29.6 Å². The molecule has 0 radical (unpaired) electrons. The molecule has 2 saturated heterocycles. The summed E-state index contributed by atoms with van der Waals surface area (Å²) in [6.07, 6.45) is 3.30. The van der Waals surface area contributed by atoms with Crippen LogP contribution in [-0.4, -0.2) is 48.8 Å². The predicted molar refractivity (Wildman–Crippen MR) is 85.8 cm³/mol. The van der Waals surface area contributed by atoms with Crippen LogP contribution in [0.3, 0.4) is 0 Å². The summed E-state index contributed by atoms with van der Waals surface area (Å²) in [6, 6.07) is 0. The van der Waals surface area contributed by atoms with Crippen LogP contribution in [0.15, 0.2) is 0 Å². The van der Waals surface area contributed by atoms with Gasteiger partial charge in [-0.3, -0.25) is 9.59 Å². The Balaban J connectivity index is 0.000000211. The molecule has 2 rings (SSSR count). The fourth-order valence-electron chi connectivity index (χ4n) is 3.15. The topological polar surface area (TPSA) is 40.6 Å². The highest BCUT2D eigenvalue weighted by molar-refractivity contribution is 5.80. The van der Waals surface area contributed by atoms with E-state index in [1.54, 1.807) is 0 Å². The van der Waals surface area contributed by atoms with E-state index >= 15 is 0 Å². The molecular weight excluding hydrogens is 264 g/mol. The van der Waals surface area contributed by atoms with Gasteiger partial charge in [-0.25, -0.2) is 0 Å². The molecule has 2 aliphatic rings. The Bertz CT molecular complexity index is 366. The Labute approximate surface area is 129 Å². The highest BCUT2D eigenvalue weighted by atomic mass is 16.2. The van der Waals surface area contributed by atoms with Crippen LogP contribution in [0.5, 0.6) is 0 Å². The van der Waals surface area contributed by atoms with Gasteiger partial charge in [0.25, 0.3) is 0 Å². The lowest BCUT2D eigenvalue weighted by molar-refractivity contribution is -0.138. The van der Waals surface area contributed by atoms with Gasteiger partial charge in [0, 0.05) is 39.0 Å². The molecule has 0 aromatic heterocycles. The maximum absolute atomic E-state index is 11.5. The first-order chi connectivity index (χ1) is 9.75. The van der Waals surface area contributed by atoms with Gasteiger partial charge in [-0.2, -0.15) is 0 Å². The fraction of sp³-hybridized carbons (Fsp3) is 0.882. The normalized spacial score (nSPS) is 26.5. The van der Waals surface area contributed by atoms with E-state index in [1.165, 1.54) is 6.42 Å². The van der Waals surface area contributed by atoms with Gasteiger partial charge in [0.1, 0.15) is 0 Å². The van der Waals surface area contributed by atoms with Gasteiger partial charge in [0.15, 0.2) is 0 Å². The number of rotatable bonds is 2. The van der Waals surface area contributed by atoms with Crippen molar-refractivity contribution in [1.82, 2.24) is 9.80 Å². The minimum absolute atomic E-state index is 0.286. The summed E-state index contributed by atoms with van der Waals surface area (Å²) in [5.41, 5.74) is 0. The van der Waals surface area contributed by atoms with Gasteiger partial charge in [-0.05, 0) is 31.1 Å². The minimum atomic E-state index is 0.286. The van der Waals surface area contributed by atoms with Gasteiger partial charge in [0.05, 0.1) is 0 Å². The van der Waals surface area contributed by atoms with Gasteiger partial charge in [0.2, 0.25) is 11.8 Å². The van der Waals surface area contributed by atoms with Crippen molar-refractivity contribution in [2.24, 2.45) is 23.7 Å². The number of hydrogen-bond acceptors (Lipinski definition) is 2. The number of hydrogen-bond donors (Lipinski definition) is 0. The molecule has 2 heterocycles. The second kappa shape index (κ2) is 7.81. The molecule has 4 nitrogen and oxygen atoms in total. The van der Waals surface area contributed by atoms with Crippen molar-refractivity contribution in [2.75, 3.05) is 27.2 Å². The lowest BCUT2D eigenvalue weighted by Gasteiger charge is -2.31. The number of piperidine rings is 1. The summed E-state index contributed by atoms with van der Waals surface area (Å²) in [6.45, 7) is 10.4. The van der Waals surface area contributed by atoms with E-state index in [4.69, 9.17) is 0 Å². The fourth-order valence-corrected chi connectivity index (χ4v) is 3.15. The molecule has 1 unspecified atom stereocenters. The molecule has 2 atom stereocenters. The van der Waals surface area contributed by atoms with Crippen molar-refractivity contribution in [3.05, 3.63) is 0 Å². The summed E-state index contributed by atoms with van der Waals surface area (Å²) in [4.78, 5) is 26.4. The van der Waals surface area contributed by atoms with Gasteiger partial charge >= 0.3 is 0 Å². The second-order valence-electron chi connectivity index (χ2n) is 7.15. The zero-order chi connectivity index (χ0) is 16.2. The highest BCUT2D eigenvalue weighted by Crippen LogP contribution is 2.24. The van der Waals surface area contributed by atoms with Crippen molar-refractivity contribution in [2.45, 2.75) is 47.0 Å². The Morgan fingerprint density at radius 3 is 1.57 bits per heavy atom. The average molecular weight is 296 g/mol. The van der Waals surface area contributed by atoms with Crippen LogP contribution >= 0.6 is 0 Å². The standard InChI is InChI=1S/C9H17NO.C8H15NO/c1-7(2)8-5-4-6-10(3)9(8)11;1-6(2)7-4-5-9(3)8(7)10/h7-8H,4-6H2,1-3H3;6-7H,4-5H2,1-3H3/t;7-/m.1/s1. The minimum Gasteiger partial charge on any atom is -0.346 e. The van der Waals surface area contributed by atoms with Crippen molar-refractivity contribution in [3.63, 3.8) is 0 Å². The van der Waals surface area contributed by atoms with E-state index in [0.717, 1.165) is 25.9 Å². The van der Waals surface area contributed by atoms with Crippen molar-refractivity contribution >= 4 is 11.8 Å². The number of carbonyl (C=O) groups excluding carboxylic acids is 2. The first kappa shape index (κ1) is 18.0. The molecule has 0 saturated carbocycles. The zero-order valence-electron chi connectivity index (χ0n) is 14.6. The molecule has 0 aromatic rings. The van der Waals surface area contributed by atoms with Crippen molar-refractivity contribution in [3.8, 4) is 0 Å². The largest absolute Gasteiger partial charge is 0.346 e. The van der Waals surface area contributed by atoms with Crippen LogP contribution in [0.2, 0.25) is 0 Å². The first-order valence-electron chi connectivity index (χ1n) is 8.25. The molecule has 0 N–H and O–H groups in total. The van der Waals surface area contributed by atoms with Crippen LogP contribution in [0.4, 0.5) is 0 Å². The van der Waals surface area contributed by atoms with Crippen LogP contribution in [0.1, 0.15) is 47.0 Å². The molecule has 2 amide bonds. The number of carbonyl (C=O) groups is 2. The van der Waals surface area contributed by atoms with E-state index < -0.39 is 0 Å². The van der Waals surface area contributed by atoms with Gasteiger partial charge < -0.3 is 9.80 Å². The summed E-state index contributed by atoms with van der Waals surface area (Å²) in [5, 5.41) is 0. The van der Waals surface area contributed by atoms with Crippen LogP contribution < -0.4 is 0 Å². The Kier molecular flexibility index (Phi) is 6.69. The second-order valence-corrected chi connectivity index (χ2v) is 7.15. The molecule has 0 spiro atoms. The lowest BCUT2D eigenvalue weighted by atomic mass is 9.87. The Morgan fingerprint density at radius 2 is 1.24 bits per heavy atom. The van der Waals surface area contributed by atoms with Crippen LogP contribution in [-0.2, 0) is 9.59 Å². The smallest absolute Gasteiger partial charge is 0.225 e. The highest BCUT2D eigenvalue weighted by Gasteiger charge is 2.31. The summed E-state index contributed by atoms with van der Waals surface area (Å²) in [5.74, 6) is 2.27. The maximum atomic E-state index is 11.5. The number of amides is 2. The molecule has 0 aliphatic carbocycles. The molecule has 122 valence electrons. The molecule has 4 heteroatoms. The third-order valence-corrected chi connectivity index (χ3v) is 4.78. The van der Waals surface area contributed by atoms with Gasteiger partial charge in [-0.15, -0.1) is 0 Å². The zero-order valence-corrected chi connectivity index (χ0v) is 14.6. The molecular formula is C17H32N2O2. The maximum Gasteiger partial charge on any atom is 0.225 e. The van der Waals surface area contributed by atoms with Crippen molar-refractivity contribution in [1.29, 1.82) is 0 Å². The lowest BCUT2D eigenvalue weighted by Crippen LogP contribution is -2.40. The predicted octanol–water partition coefficient (Wildman–Crippen LogP) is 2.63. The third-order valence-electron chi connectivity index (χ3n) is 4.78. The van der Waals surface area contributed by atoms with E-state index in [1.807, 2.05) is 23.9 Å². The first-order valence-corrected chi connectivity index (χ1v) is 8.25. The summed E-state index contributed by atoms with van der Waals surface area (Å²) >= 11 is 0. The van der Waals surface area contributed by atoms with E-state index in [-0.39, 0.29) is 5.92 Å². The quantitative estimate of drug-likeness (QED) is 0.786. The summed E-state index contributed by atoms with van der Waals surface area (Å²) in [7, 11) is 3.78. The molecule has 2 aliphatic heterocycles. The third kappa shape index (κ3) is 4.72. The monoisotopic (exact) mass is 296 g/mol. The van der Waals surface area contributed by atoms with Crippen LogP contribution in [0.25, 0.3) is 0 Å². The number of nitrogens with zero attached hydrogens (tertiary/aromatic N) is 2. The molecule has 0 bridgehead atoms. The van der Waals surface area contributed by atoms with Crippen LogP contribution in [0, 0.1) is 23.7 Å². The Hall–Kier alpha value is -1.06. The Morgan fingerprint density at radius 1 is 0.810 bits per heavy atom. The summed E-state index contributed by atoms with van der Waals surface area (Å²) < 4.78 is 0. The molecule has 0 aromatic carbocycles. The SMILES string of the molecule is CC(C)C1CCCN(C)C1=O.CC(C)[C@H]1CCN(C)C1=O. The average Bonchev–Trinajstić information content (AvgIpc) is 2.74. The van der Waals surface area contributed by atoms with E-state index in [9.17, 15) is 9.59 Å². The van der Waals surface area contributed by atoms with Crippen molar-refractivity contribution < 1.29 is 9.59 Å². The number of likely N-dealkylation sites (tertiary alicyclic amines) is 2.